The van der Waals surface area contributed by atoms with Crippen molar-refractivity contribution in [3.63, 3.8) is 0 Å². The van der Waals surface area contributed by atoms with E-state index in [0.29, 0.717) is 6.42 Å². The van der Waals surface area contributed by atoms with Crippen LogP contribution in [-0.2, 0) is 19.1 Å². The molecule has 0 saturated heterocycles. The first-order valence-corrected chi connectivity index (χ1v) is 6.94. The van der Waals surface area contributed by atoms with Gasteiger partial charge in [-0.05, 0) is 25.7 Å². The topological polar surface area (TPSA) is 80.7 Å². The number of ether oxygens (including phenoxy) is 1. The lowest BCUT2D eigenvalue weighted by Crippen LogP contribution is -2.25. The summed E-state index contributed by atoms with van der Waals surface area (Å²) in [4.78, 5) is 34.2. The summed E-state index contributed by atoms with van der Waals surface area (Å²) >= 11 is 0. The fourth-order valence-electron chi connectivity index (χ4n) is 2.43. The van der Waals surface area contributed by atoms with Gasteiger partial charge < -0.3 is 9.84 Å². The largest absolute Gasteiger partial charge is 0.460 e. The minimum Gasteiger partial charge on any atom is -0.460 e. The second-order valence-corrected chi connectivity index (χ2v) is 5.03. The lowest BCUT2D eigenvalue weighted by Gasteiger charge is -2.19. The molecule has 1 aliphatic carbocycles. The number of carbonyl (C=O) groups excluding carboxylic acids is 3. The summed E-state index contributed by atoms with van der Waals surface area (Å²) in [5.41, 5.74) is 0. The van der Waals surface area contributed by atoms with Crippen molar-refractivity contribution in [1.29, 1.82) is 0 Å². The number of hydrogen-bond acceptors (Lipinski definition) is 5. The molecule has 0 aromatic carbocycles. The van der Waals surface area contributed by atoms with Crippen LogP contribution in [-0.4, -0.2) is 35.4 Å². The molecule has 2 unspecified atom stereocenters. The highest BCUT2D eigenvalue weighted by atomic mass is 16.5. The van der Waals surface area contributed by atoms with E-state index in [9.17, 15) is 19.5 Å². The third-order valence-electron chi connectivity index (χ3n) is 3.47. The summed E-state index contributed by atoms with van der Waals surface area (Å²) in [7, 11) is 0. The summed E-state index contributed by atoms with van der Waals surface area (Å²) in [5, 5.41) is 9.90. The molecule has 0 aromatic rings. The van der Waals surface area contributed by atoms with Gasteiger partial charge in [-0.2, -0.15) is 0 Å². The van der Waals surface area contributed by atoms with Gasteiger partial charge in [0.15, 0.2) is 0 Å². The first-order chi connectivity index (χ1) is 9.04. The number of esters is 1. The fraction of sp³-hybridized carbons (Fsp3) is 0.786. The molecule has 1 saturated carbocycles. The maximum absolute atomic E-state index is 11.7. The van der Waals surface area contributed by atoms with E-state index < -0.39 is 24.3 Å². The lowest BCUT2D eigenvalue weighted by atomic mass is 9.90. The van der Waals surface area contributed by atoms with Crippen molar-refractivity contribution in [2.75, 3.05) is 6.61 Å². The van der Waals surface area contributed by atoms with E-state index in [-0.39, 0.29) is 24.7 Å². The molecule has 2 atom stereocenters. The smallest absolute Gasteiger partial charge is 0.375 e. The molecule has 5 nitrogen and oxygen atoms in total. The number of rotatable bonds is 6. The van der Waals surface area contributed by atoms with Gasteiger partial charge in [-0.1, -0.05) is 19.3 Å². The van der Waals surface area contributed by atoms with E-state index in [4.69, 9.17) is 0 Å². The molecule has 19 heavy (non-hydrogen) atoms. The van der Waals surface area contributed by atoms with Gasteiger partial charge in [0, 0.05) is 6.42 Å². The number of aliphatic hydroxyl groups excluding tert-OH is 1. The van der Waals surface area contributed by atoms with Gasteiger partial charge in [0.1, 0.15) is 5.78 Å². The molecule has 0 aromatic heterocycles. The van der Waals surface area contributed by atoms with Crippen LogP contribution in [0.25, 0.3) is 0 Å². The molecule has 0 spiro atoms. The Balaban J connectivity index is 2.41. The molecule has 1 N–H and O–H groups in total. The Morgan fingerprint density at radius 1 is 1.16 bits per heavy atom. The molecule has 1 fully saturated rings. The van der Waals surface area contributed by atoms with E-state index in [1.165, 1.54) is 0 Å². The molecule has 0 heterocycles. The molecule has 0 aliphatic heterocycles. The predicted molar refractivity (Wildman–Crippen MR) is 68.5 cm³/mol. The van der Waals surface area contributed by atoms with Crippen molar-refractivity contribution in [2.45, 2.75) is 58.0 Å². The van der Waals surface area contributed by atoms with Gasteiger partial charge in [0.05, 0.1) is 19.1 Å². The van der Waals surface area contributed by atoms with Crippen molar-refractivity contribution in [3.8, 4) is 0 Å². The lowest BCUT2D eigenvalue weighted by molar-refractivity contribution is -0.154. The van der Waals surface area contributed by atoms with Gasteiger partial charge >= 0.3 is 5.97 Å². The molecular formula is C14H22O5. The molecule has 0 amide bonds. The average Bonchev–Trinajstić information content (AvgIpc) is 2.55. The van der Waals surface area contributed by atoms with Gasteiger partial charge in [0.2, 0.25) is 5.78 Å². The second-order valence-electron chi connectivity index (χ2n) is 5.03. The number of ketones is 2. The van der Waals surface area contributed by atoms with Gasteiger partial charge in [-0.3, -0.25) is 9.59 Å². The maximum Gasteiger partial charge on any atom is 0.375 e. The van der Waals surface area contributed by atoms with Crippen molar-refractivity contribution >= 4 is 17.5 Å². The third-order valence-corrected chi connectivity index (χ3v) is 3.47. The Hall–Kier alpha value is -1.23. The van der Waals surface area contributed by atoms with Crippen LogP contribution in [0.3, 0.4) is 0 Å². The van der Waals surface area contributed by atoms with Crippen LogP contribution >= 0.6 is 0 Å². The van der Waals surface area contributed by atoms with E-state index in [2.05, 4.69) is 4.74 Å². The molecule has 108 valence electrons. The predicted octanol–water partition coefficient (Wildman–Crippen LogP) is 1.41. The van der Waals surface area contributed by atoms with E-state index in [0.717, 1.165) is 25.7 Å². The van der Waals surface area contributed by atoms with Crippen molar-refractivity contribution < 1.29 is 24.2 Å². The second kappa shape index (κ2) is 8.04. The summed E-state index contributed by atoms with van der Waals surface area (Å²) < 4.78 is 4.55. The van der Waals surface area contributed by atoms with Crippen LogP contribution in [0.4, 0.5) is 0 Å². The molecule has 0 radical (unpaired) electrons. The number of carbonyl (C=O) groups is 3. The van der Waals surface area contributed by atoms with Gasteiger partial charge in [-0.25, -0.2) is 4.79 Å². The van der Waals surface area contributed by atoms with Crippen LogP contribution in [0.5, 0.6) is 0 Å². The Morgan fingerprint density at radius 3 is 2.53 bits per heavy atom. The molecular weight excluding hydrogens is 248 g/mol. The Morgan fingerprint density at radius 2 is 1.84 bits per heavy atom. The normalized spacial score (nSPS) is 23.5. The Bertz CT molecular complexity index is 337. The summed E-state index contributed by atoms with van der Waals surface area (Å²) in [6.07, 6.45) is 3.86. The standard InChI is InChI=1S/C14H22O5/c1-2-19-14(18)13(17)9-11(15)8-10-6-4-3-5-7-12(10)16/h10,12,16H,2-9H2,1H3. The van der Waals surface area contributed by atoms with Crippen molar-refractivity contribution in [2.24, 2.45) is 5.92 Å². The minimum absolute atomic E-state index is 0.0787. The molecule has 1 aliphatic rings. The Labute approximate surface area is 113 Å². The van der Waals surface area contributed by atoms with Crippen molar-refractivity contribution in [1.82, 2.24) is 0 Å². The molecule has 5 heteroatoms. The molecule has 1 rings (SSSR count). The molecule has 0 bridgehead atoms. The van der Waals surface area contributed by atoms with Crippen LogP contribution in [0.1, 0.15) is 51.9 Å². The number of hydrogen-bond donors (Lipinski definition) is 1. The zero-order valence-electron chi connectivity index (χ0n) is 11.4. The highest BCUT2D eigenvalue weighted by Crippen LogP contribution is 2.26. The van der Waals surface area contributed by atoms with Gasteiger partial charge in [0.25, 0.3) is 0 Å². The summed E-state index contributed by atoms with van der Waals surface area (Å²) in [6.45, 7) is 1.73. The minimum atomic E-state index is -0.947. The third kappa shape index (κ3) is 5.51. The van der Waals surface area contributed by atoms with E-state index >= 15 is 0 Å². The monoisotopic (exact) mass is 270 g/mol. The first kappa shape index (κ1) is 15.8. The quantitative estimate of drug-likeness (QED) is 0.341. The van der Waals surface area contributed by atoms with Crippen molar-refractivity contribution in [3.05, 3.63) is 0 Å². The van der Waals surface area contributed by atoms with E-state index in [1.54, 1.807) is 6.92 Å². The van der Waals surface area contributed by atoms with E-state index in [1.807, 2.05) is 0 Å². The first-order valence-electron chi connectivity index (χ1n) is 6.94. The van der Waals surface area contributed by atoms with Crippen LogP contribution in [0, 0.1) is 5.92 Å². The Kier molecular flexibility index (Phi) is 6.70. The maximum atomic E-state index is 11.7. The van der Waals surface area contributed by atoms with Gasteiger partial charge in [-0.15, -0.1) is 0 Å². The fourth-order valence-corrected chi connectivity index (χ4v) is 2.43. The van der Waals surface area contributed by atoms with Crippen LogP contribution in [0.2, 0.25) is 0 Å². The highest BCUT2D eigenvalue weighted by molar-refractivity contribution is 6.37. The zero-order chi connectivity index (χ0) is 14.3. The summed E-state index contributed by atoms with van der Waals surface area (Å²) in [6, 6.07) is 0. The van der Waals surface area contributed by atoms with Crippen LogP contribution < -0.4 is 0 Å². The SMILES string of the molecule is CCOC(=O)C(=O)CC(=O)CC1CCCCCC1O. The summed E-state index contributed by atoms with van der Waals surface area (Å²) in [5.74, 6) is -2.11. The van der Waals surface area contributed by atoms with Crippen LogP contribution in [0.15, 0.2) is 0 Å². The highest BCUT2D eigenvalue weighted by Gasteiger charge is 2.26. The zero-order valence-corrected chi connectivity index (χ0v) is 11.4. The number of Topliss-reactive ketones (excluding diaryl/α,β-unsaturated/α-hetero) is 2. The average molecular weight is 270 g/mol. The number of aliphatic hydroxyl groups is 1.